The lowest BCUT2D eigenvalue weighted by atomic mass is 10.1. The van der Waals surface area contributed by atoms with E-state index in [1.165, 1.54) is 48.5 Å². The Balaban J connectivity index is 1.86. The lowest BCUT2D eigenvalue weighted by Gasteiger charge is -1.96. The molecular formula is C18H12F2O3. The predicted octanol–water partition coefficient (Wildman–Crippen LogP) is 4.07. The van der Waals surface area contributed by atoms with E-state index >= 15 is 0 Å². The number of ketones is 2. The molecule has 0 bridgehead atoms. The maximum Gasteiger partial charge on any atom is 0.188 e. The quantitative estimate of drug-likeness (QED) is 0.458. The SMILES string of the molecule is O=C(/C=C/O/C=C/C(=O)c1ccc(F)cc1)c1ccc(F)cc1. The molecule has 0 aromatic heterocycles. The zero-order valence-electron chi connectivity index (χ0n) is 11.9. The maximum atomic E-state index is 12.7. The van der Waals surface area contributed by atoms with Gasteiger partial charge in [0.2, 0.25) is 0 Å². The Morgan fingerprint density at radius 2 is 1.04 bits per heavy atom. The summed E-state index contributed by atoms with van der Waals surface area (Å²) in [6.45, 7) is 0. The van der Waals surface area contributed by atoms with Crippen LogP contribution in [0.15, 0.2) is 73.2 Å². The lowest BCUT2D eigenvalue weighted by Crippen LogP contribution is -1.95. The van der Waals surface area contributed by atoms with E-state index in [9.17, 15) is 18.4 Å². The van der Waals surface area contributed by atoms with Crippen molar-refractivity contribution in [2.24, 2.45) is 0 Å². The lowest BCUT2D eigenvalue weighted by molar-refractivity contribution is 0.103. The molecular weight excluding hydrogens is 302 g/mol. The first kappa shape index (κ1) is 16.3. The molecule has 0 aliphatic carbocycles. The summed E-state index contributed by atoms with van der Waals surface area (Å²) in [5.41, 5.74) is 0.634. The van der Waals surface area contributed by atoms with Gasteiger partial charge in [0.15, 0.2) is 11.6 Å². The van der Waals surface area contributed by atoms with Crippen LogP contribution in [0, 0.1) is 11.6 Å². The van der Waals surface area contributed by atoms with Crippen LogP contribution in [0.3, 0.4) is 0 Å². The number of rotatable bonds is 6. The fourth-order valence-corrected chi connectivity index (χ4v) is 1.67. The van der Waals surface area contributed by atoms with Crippen LogP contribution in [0.4, 0.5) is 8.78 Å². The van der Waals surface area contributed by atoms with Gasteiger partial charge in [-0.25, -0.2) is 8.78 Å². The molecule has 0 heterocycles. The van der Waals surface area contributed by atoms with Crippen LogP contribution in [0.25, 0.3) is 0 Å². The standard InChI is InChI=1S/C18H12F2O3/c19-15-5-1-13(2-6-15)17(21)9-11-23-12-10-18(22)14-3-7-16(20)8-4-14/h1-12H/b11-9+,12-10+. The van der Waals surface area contributed by atoms with Gasteiger partial charge in [0, 0.05) is 23.3 Å². The summed E-state index contributed by atoms with van der Waals surface area (Å²) in [4.78, 5) is 23.4. The number of hydrogen-bond donors (Lipinski definition) is 0. The van der Waals surface area contributed by atoms with Crippen molar-refractivity contribution in [1.82, 2.24) is 0 Å². The average molecular weight is 314 g/mol. The van der Waals surface area contributed by atoms with E-state index < -0.39 is 11.6 Å². The van der Waals surface area contributed by atoms with Crippen molar-refractivity contribution in [3.05, 3.63) is 96.0 Å². The van der Waals surface area contributed by atoms with Gasteiger partial charge < -0.3 is 4.74 Å². The number of hydrogen-bond acceptors (Lipinski definition) is 3. The summed E-state index contributed by atoms with van der Waals surface area (Å²) < 4.78 is 30.4. The molecule has 5 heteroatoms. The van der Waals surface area contributed by atoms with Crippen molar-refractivity contribution >= 4 is 11.6 Å². The largest absolute Gasteiger partial charge is 0.472 e. The second kappa shape index (κ2) is 7.79. The molecule has 0 spiro atoms. The van der Waals surface area contributed by atoms with Crippen molar-refractivity contribution < 1.29 is 23.1 Å². The number of benzene rings is 2. The van der Waals surface area contributed by atoms with Crippen molar-refractivity contribution in [3.63, 3.8) is 0 Å². The number of carbonyl (C=O) groups excluding carboxylic acids is 2. The molecule has 0 N–H and O–H groups in total. The number of ether oxygens (including phenoxy) is 1. The molecule has 3 nitrogen and oxygen atoms in total. The van der Waals surface area contributed by atoms with Gasteiger partial charge in [0.25, 0.3) is 0 Å². The Morgan fingerprint density at radius 1 is 0.696 bits per heavy atom. The molecule has 116 valence electrons. The van der Waals surface area contributed by atoms with E-state index in [2.05, 4.69) is 0 Å². The monoisotopic (exact) mass is 314 g/mol. The zero-order chi connectivity index (χ0) is 16.7. The molecule has 0 saturated carbocycles. The van der Waals surface area contributed by atoms with E-state index in [0.717, 1.165) is 24.7 Å². The molecule has 23 heavy (non-hydrogen) atoms. The highest BCUT2D eigenvalue weighted by Crippen LogP contribution is 2.06. The highest BCUT2D eigenvalue weighted by Gasteiger charge is 2.02. The summed E-state index contributed by atoms with van der Waals surface area (Å²) in [5, 5.41) is 0. The smallest absolute Gasteiger partial charge is 0.188 e. The van der Waals surface area contributed by atoms with E-state index in [-0.39, 0.29) is 11.6 Å². The first-order valence-electron chi connectivity index (χ1n) is 6.64. The zero-order valence-corrected chi connectivity index (χ0v) is 11.9. The van der Waals surface area contributed by atoms with Crippen LogP contribution >= 0.6 is 0 Å². The van der Waals surface area contributed by atoms with Crippen molar-refractivity contribution in [2.45, 2.75) is 0 Å². The summed E-state index contributed by atoms with van der Waals surface area (Å²) >= 11 is 0. The normalized spacial score (nSPS) is 11.0. The number of halogens is 2. The van der Waals surface area contributed by atoms with Crippen LogP contribution in [-0.4, -0.2) is 11.6 Å². The predicted molar refractivity (Wildman–Crippen MR) is 80.8 cm³/mol. The third-order valence-corrected chi connectivity index (χ3v) is 2.85. The van der Waals surface area contributed by atoms with E-state index in [1.54, 1.807) is 0 Å². The minimum absolute atomic E-state index is 0.317. The summed E-state index contributed by atoms with van der Waals surface area (Å²) in [6.07, 6.45) is 4.53. The minimum Gasteiger partial charge on any atom is -0.472 e. The molecule has 0 fully saturated rings. The summed E-state index contributed by atoms with van der Waals surface area (Å²) in [5.74, 6) is -1.57. The van der Waals surface area contributed by atoms with Gasteiger partial charge in [0.05, 0.1) is 12.5 Å². The fraction of sp³-hybridized carbons (Fsp3) is 0. The van der Waals surface area contributed by atoms with Gasteiger partial charge >= 0.3 is 0 Å². The summed E-state index contributed by atoms with van der Waals surface area (Å²) in [6, 6.07) is 10.2. The topological polar surface area (TPSA) is 43.4 Å². The van der Waals surface area contributed by atoms with Crippen molar-refractivity contribution in [3.8, 4) is 0 Å². The molecule has 0 atom stereocenters. The Hall–Kier alpha value is -3.08. The van der Waals surface area contributed by atoms with E-state index in [1.807, 2.05) is 0 Å². The molecule has 0 saturated heterocycles. The van der Waals surface area contributed by atoms with E-state index in [4.69, 9.17) is 4.74 Å². The molecule has 2 aromatic carbocycles. The minimum atomic E-state index is -0.427. The Labute approximate surface area is 131 Å². The first-order chi connectivity index (χ1) is 11.1. The third-order valence-electron chi connectivity index (χ3n) is 2.85. The average Bonchev–Trinajstić information content (AvgIpc) is 2.55. The van der Waals surface area contributed by atoms with Crippen LogP contribution in [0.2, 0.25) is 0 Å². The number of allylic oxidation sites excluding steroid dienone is 2. The van der Waals surface area contributed by atoms with Gasteiger partial charge in [-0.1, -0.05) is 0 Å². The van der Waals surface area contributed by atoms with Crippen LogP contribution in [0.1, 0.15) is 20.7 Å². The molecule has 0 aliphatic rings. The van der Waals surface area contributed by atoms with Gasteiger partial charge in [-0.2, -0.15) is 0 Å². The Kier molecular flexibility index (Phi) is 5.52. The Bertz CT molecular complexity index is 679. The van der Waals surface area contributed by atoms with Gasteiger partial charge in [0.1, 0.15) is 11.6 Å². The first-order valence-corrected chi connectivity index (χ1v) is 6.64. The molecule has 2 rings (SSSR count). The molecule has 2 aromatic rings. The molecule has 0 amide bonds. The second-order valence-corrected chi connectivity index (χ2v) is 4.48. The fourth-order valence-electron chi connectivity index (χ4n) is 1.67. The van der Waals surface area contributed by atoms with Gasteiger partial charge in [-0.3, -0.25) is 9.59 Å². The molecule has 0 radical (unpaired) electrons. The Morgan fingerprint density at radius 3 is 1.39 bits per heavy atom. The highest BCUT2D eigenvalue weighted by molar-refractivity contribution is 6.04. The second-order valence-electron chi connectivity index (χ2n) is 4.48. The third kappa shape index (κ3) is 5.00. The van der Waals surface area contributed by atoms with Crippen LogP contribution < -0.4 is 0 Å². The van der Waals surface area contributed by atoms with Gasteiger partial charge in [-0.05, 0) is 48.5 Å². The van der Waals surface area contributed by atoms with Crippen molar-refractivity contribution in [1.29, 1.82) is 0 Å². The van der Waals surface area contributed by atoms with Crippen LogP contribution in [0.5, 0.6) is 0 Å². The van der Waals surface area contributed by atoms with E-state index in [0.29, 0.717) is 11.1 Å². The summed E-state index contributed by atoms with van der Waals surface area (Å²) in [7, 11) is 0. The van der Waals surface area contributed by atoms with Crippen LogP contribution in [-0.2, 0) is 4.74 Å². The van der Waals surface area contributed by atoms with Crippen molar-refractivity contribution in [2.75, 3.05) is 0 Å². The highest BCUT2D eigenvalue weighted by atomic mass is 19.1. The molecule has 0 unspecified atom stereocenters. The number of carbonyl (C=O) groups is 2. The maximum absolute atomic E-state index is 12.7. The van der Waals surface area contributed by atoms with Gasteiger partial charge in [-0.15, -0.1) is 0 Å². The molecule has 0 aliphatic heterocycles.